The topological polar surface area (TPSA) is 164 Å². The zero-order valence-electron chi connectivity index (χ0n) is 32.2. The van der Waals surface area contributed by atoms with E-state index in [9.17, 15) is 24.9 Å². The van der Waals surface area contributed by atoms with Crippen molar-refractivity contribution in [1.82, 2.24) is 4.90 Å². The number of aliphatic hydroxyl groups is 4. The van der Waals surface area contributed by atoms with Gasteiger partial charge in [-0.05, 0) is 79.8 Å². The van der Waals surface area contributed by atoms with Crippen LogP contribution < -0.4 is 0 Å². The normalized spacial score (nSPS) is 33.1. The molecule has 4 N–H and O–H groups in total. The van der Waals surface area contributed by atoms with Crippen LogP contribution in [0.2, 0.25) is 0 Å². The minimum Gasteiger partial charge on any atom is -0.463 e. The second-order valence-corrected chi connectivity index (χ2v) is 14.3. The standard InChI is InChI=1S/C20H34O6.C9H20O3.C8H17NO2.CH4/c1-6-9-25-17-10-14(4)18(22)15(5)19(23)16(21)11-26-20(24)13(3)8-7-12(17)2;1-7(5-6-11-4)12-9(3)8(2)10;1-6-4-7(9(2)3)5-8(10)11-6;/h6,12-17,19,21,23H,1,7-11H2,2-5H3;7-10H,5-6H2,1-4H3;6-8,10H,4-5H2,1-3H3;1H4/t12-,13?,14-,15?,16?,17?,19?;7-,8+,9?;;/m10../s1. The molecule has 0 amide bonds. The molecule has 2 rings (SSSR count). The van der Waals surface area contributed by atoms with E-state index in [0.29, 0.717) is 32.1 Å². The first kappa shape index (κ1) is 50.6. The highest BCUT2D eigenvalue weighted by molar-refractivity contribution is 5.83. The number of carbonyl (C=O) groups is 2. The fourth-order valence-electron chi connectivity index (χ4n) is 5.64. The van der Waals surface area contributed by atoms with Gasteiger partial charge in [0, 0.05) is 38.0 Å². The van der Waals surface area contributed by atoms with Crippen LogP contribution in [-0.4, -0.2) is 133 Å². The van der Waals surface area contributed by atoms with E-state index in [2.05, 4.69) is 18.4 Å². The van der Waals surface area contributed by atoms with Crippen LogP contribution in [-0.2, 0) is 33.3 Å². The number of cyclic esters (lactones) is 1. The molecular weight excluding hydrogens is 646 g/mol. The van der Waals surface area contributed by atoms with Gasteiger partial charge in [0.15, 0.2) is 6.29 Å². The lowest BCUT2D eigenvalue weighted by Gasteiger charge is -2.34. The fraction of sp³-hybridized carbons (Fsp3) is 0.895. The van der Waals surface area contributed by atoms with Gasteiger partial charge in [0.1, 0.15) is 18.5 Å². The number of rotatable bonds is 10. The predicted octanol–water partition coefficient (Wildman–Crippen LogP) is 4.39. The Morgan fingerprint density at radius 1 is 0.980 bits per heavy atom. The minimum atomic E-state index is -1.29. The molecule has 9 unspecified atom stereocenters. The summed E-state index contributed by atoms with van der Waals surface area (Å²) in [6, 6.07) is 0.466. The van der Waals surface area contributed by atoms with Gasteiger partial charge in [-0.2, -0.15) is 0 Å². The number of ketones is 1. The average Bonchev–Trinajstić information content (AvgIpc) is 3.04. The Kier molecular flexibility index (Phi) is 27.5. The maximum atomic E-state index is 12.7. The zero-order valence-corrected chi connectivity index (χ0v) is 32.2. The molecule has 0 saturated carbocycles. The molecule has 0 aromatic heterocycles. The Morgan fingerprint density at radius 2 is 1.60 bits per heavy atom. The number of carbonyl (C=O) groups excluding carboxylic acids is 2. The molecule has 2 fully saturated rings. The van der Waals surface area contributed by atoms with Crippen LogP contribution in [0.15, 0.2) is 12.7 Å². The van der Waals surface area contributed by atoms with Gasteiger partial charge in [-0.25, -0.2) is 0 Å². The van der Waals surface area contributed by atoms with Crippen LogP contribution >= 0.6 is 0 Å². The maximum Gasteiger partial charge on any atom is 0.308 e. The molecule has 12 heteroatoms. The van der Waals surface area contributed by atoms with Gasteiger partial charge in [-0.3, -0.25) is 9.59 Å². The van der Waals surface area contributed by atoms with Gasteiger partial charge < -0.3 is 49.0 Å². The van der Waals surface area contributed by atoms with Crippen LogP contribution in [0.5, 0.6) is 0 Å². The highest BCUT2D eigenvalue weighted by atomic mass is 16.6. The molecule has 0 aromatic carbocycles. The van der Waals surface area contributed by atoms with E-state index in [1.165, 1.54) is 0 Å². The summed E-state index contributed by atoms with van der Waals surface area (Å²) in [6.45, 7) is 19.3. The summed E-state index contributed by atoms with van der Waals surface area (Å²) < 4.78 is 26.6. The minimum absolute atomic E-state index is 0. The lowest BCUT2D eigenvalue weighted by Crippen LogP contribution is -2.42. The van der Waals surface area contributed by atoms with E-state index in [1.54, 1.807) is 34.0 Å². The van der Waals surface area contributed by atoms with E-state index in [-0.39, 0.29) is 62.0 Å². The number of esters is 1. The van der Waals surface area contributed by atoms with Gasteiger partial charge in [0.25, 0.3) is 0 Å². The SMILES string of the molecule is C.C=CCOC1C[C@@H](C)C(=O)C(C)C(O)C(O)COC(=O)C(C)CC[C@H]1C.CC1CC(N(C)C)CC(O)O1.COCC[C@H](C)OC(C)[C@@H](C)O. The number of hydrogen-bond donors (Lipinski definition) is 4. The lowest BCUT2D eigenvalue weighted by molar-refractivity contribution is -0.172. The van der Waals surface area contributed by atoms with Crippen LogP contribution in [0.4, 0.5) is 0 Å². The Morgan fingerprint density at radius 3 is 2.12 bits per heavy atom. The molecule has 2 saturated heterocycles. The van der Waals surface area contributed by atoms with E-state index < -0.39 is 36.5 Å². The molecule has 0 spiro atoms. The molecule has 298 valence electrons. The van der Waals surface area contributed by atoms with E-state index >= 15 is 0 Å². The van der Waals surface area contributed by atoms with Crippen molar-refractivity contribution < 1.29 is 53.7 Å². The number of aliphatic hydroxyl groups excluding tert-OH is 4. The van der Waals surface area contributed by atoms with Crippen molar-refractivity contribution >= 4 is 11.8 Å². The zero-order chi connectivity index (χ0) is 37.8. The highest BCUT2D eigenvalue weighted by Gasteiger charge is 2.34. The monoisotopic (exact) mass is 722 g/mol. The summed E-state index contributed by atoms with van der Waals surface area (Å²) in [4.78, 5) is 26.9. The fourth-order valence-corrected chi connectivity index (χ4v) is 5.64. The number of hydrogen-bond acceptors (Lipinski definition) is 12. The number of Topliss-reactive ketones (excluding diaryl/α,β-unsaturated/α-hetero) is 1. The van der Waals surface area contributed by atoms with Gasteiger partial charge in [0.2, 0.25) is 0 Å². The largest absolute Gasteiger partial charge is 0.463 e. The lowest BCUT2D eigenvalue weighted by atomic mass is 9.83. The molecule has 12 nitrogen and oxygen atoms in total. The third-order valence-corrected chi connectivity index (χ3v) is 9.40. The quantitative estimate of drug-likeness (QED) is 0.186. The summed E-state index contributed by atoms with van der Waals surface area (Å²) in [5, 5.41) is 38.7. The van der Waals surface area contributed by atoms with E-state index in [4.69, 9.17) is 28.8 Å². The summed E-state index contributed by atoms with van der Waals surface area (Å²) in [6.07, 6.45) is 2.77. The van der Waals surface area contributed by atoms with Gasteiger partial charge in [-0.1, -0.05) is 41.2 Å². The molecular formula is C38H75NO11. The van der Waals surface area contributed by atoms with Crippen LogP contribution in [0.3, 0.4) is 0 Å². The van der Waals surface area contributed by atoms with Crippen molar-refractivity contribution in [3.8, 4) is 0 Å². The van der Waals surface area contributed by atoms with Crippen molar-refractivity contribution in [3.63, 3.8) is 0 Å². The first-order chi connectivity index (χ1) is 22.9. The van der Waals surface area contributed by atoms with Crippen LogP contribution in [0.1, 0.15) is 101 Å². The van der Waals surface area contributed by atoms with E-state index in [1.807, 2.05) is 41.8 Å². The average molecular weight is 722 g/mol. The maximum absolute atomic E-state index is 12.7. The summed E-state index contributed by atoms with van der Waals surface area (Å²) >= 11 is 0. The Hall–Kier alpha value is -1.48. The number of ether oxygens (including phenoxy) is 5. The Balaban J connectivity index is 0. The first-order valence-corrected chi connectivity index (χ1v) is 18.0. The van der Waals surface area contributed by atoms with Gasteiger partial charge in [0.05, 0.1) is 49.1 Å². The first-order valence-electron chi connectivity index (χ1n) is 18.0. The second-order valence-electron chi connectivity index (χ2n) is 14.3. The Bertz CT molecular complexity index is 894. The van der Waals surface area contributed by atoms with Gasteiger partial charge >= 0.3 is 5.97 Å². The summed E-state index contributed by atoms with van der Waals surface area (Å²) in [7, 11) is 5.75. The van der Waals surface area contributed by atoms with Crippen molar-refractivity contribution in [2.24, 2.45) is 23.7 Å². The smallest absolute Gasteiger partial charge is 0.308 e. The third kappa shape index (κ3) is 20.5. The molecule has 0 bridgehead atoms. The summed E-state index contributed by atoms with van der Waals surface area (Å²) in [5.41, 5.74) is 0. The van der Waals surface area contributed by atoms with Crippen molar-refractivity contribution in [1.29, 1.82) is 0 Å². The molecule has 2 aliphatic rings. The molecule has 13 atom stereocenters. The van der Waals surface area contributed by atoms with Gasteiger partial charge in [-0.15, -0.1) is 6.58 Å². The molecule has 0 aliphatic carbocycles. The van der Waals surface area contributed by atoms with Crippen LogP contribution in [0.25, 0.3) is 0 Å². The molecule has 2 heterocycles. The highest BCUT2D eigenvalue weighted by Crippen LogP contribution is 2.27. The molecule has 0 aromatic rings. The third-order valence-electron chi connectivity index (χ3n) is 9.40. The molecule has 0 radical (unpaired) electrons. The number of nitrogens with zero attached hydrogens (tertiary/aromatic N) is 1. The Labute approximate surface area is 303 Å². The van der Waals surface area contributed by atoms with Crippen molar-refractivity contribution in [3.05, 3.63) is 12.7 Å². The summed E-state index contributed by atoms with van der Waals surface area (Å²) in [5.74, 6) is -1.75. The predicted molar refractivity (Wildman–Crippen MR) is 197 cm³/mol. The molecule has 2 aliphatic heterocycles. The van der Waals surface area contributed by atoms with Crippen molar-refractivity contribution in [2.75, 3.05) is 41.0 Å². The second kappa shape index (κ2) is 27.2. The van der Waals surface area contributed by atoms with Crippen molar-refractivity contribution in [2.45, 2.75) is 156 Å². The number of methoxy groups -OCH3 is 1. The molecule has 50 heavy (non-hydrogen) atoms. The van der Waals surface area contributed by atoms with Crippen LogP contribution in [0, 0.1) is 23.7 Å². The van der Waals surface area contributed by atoms with E-state index in [0.717, 1.165) is 25.7 Å².